The third kappa shape index (κ3) is 2.77. The van der Waals surface area contributed by atoms with Crippen LogP contribution in [0.25, 0.3) is 10.9 Å². The molecule has 132 valence electrons. The fourth-order valence-electron chi connectivity index (χ4n) is 2.65. The number of H-pyrrole nitrogens is 1. The molecule has 2 aromatic heterocycles. The van der Waals surface area contributed by atoms with E-state index in [0.29, 0.717) is 12.8 Å². The maximum absolute atomic E-state index is 11.6. The summed E-state index contributed by atoms with van der Waals surface area (Å²) in [6, 6.07) is 5.60. The first-order valence-corrected chi connectivity index (χ1v) is 7.92. The Hall–Kier alpha value is -3.69. The van der Waals surface area contributed by atoms with Gasteiger partial charge in [0.1, 0.15) is 11.4 Å². The molecule has 1 aliphatic carbocycles. The van der Waals surface area contributed by atoms with Gasteiger partial charge in [-0.25, -0.2) is 4.98 Å². The van der Waals surface area contributed by atoms with Gasteiger partial charge in [-0.3, -0.25) is 14.7 Å². The van der Waals surface area contributed by atoms with Crippen molar-refractivity contribution in [2.45, 2.75) is 18.4 Å². The Balaban J connectivity index is 1.65. The molecule has 0 unspecified atom stereocenters. The number of carbonyl (C=O) groups excluding carboxylic acids is 2. The molecule has 0 saturated heterocycles. The van der Waals surface area contributed by atoms with Crippen molar-refractivity contribution in [1.82, 2.24) is 20.2 Å². The first kappa shape index (κ1) is 15.8. The maximum atomic E-state index is 11.6. The number of nitrogens with one attached hydrogen (secondary N) is 3. The molecule has 7 N–H and O–H groups in total. The van der Waals surface area contributed by atoms with Crippen LogP contribution >= 0.6 is 0 Å². The van der Waals surface area contributed by atoms with E-state index in [1.54, 1.807) is 6.20 Å². The minimum Gasteiger partial charge on any atom is -0.368 e. The Morgan fingerprint density at radius 2 is 2.00 bits per heavy atom. The van der Waals surface area contributed by atoms with Gasteiger partial charge in [-0.2, -0.15) is 10.1 Å². The number of primary amides is 2. The van der Waals surface area contributed by atoms with E-state index in [0.717, 1.165) is 16.6 Å². The largest absolute Gasteiger partial charge is 0.368 e. The summed E-state index contributed by atoms with van der Waals surface area (Å²) in [6.07, 6.45) is 4.18. The van der Waals surface area contributed by atoms with Crippen LogP contribution in [0.2, 0.25) is 0 Å². The molecule has 4 rings (SSSR count). The summed E-state index contributed by atoms with van der Waals surface area (Å²) in [5.74, 6) is -0.769. The van der Waals surface area contributed by atoms with E-state index >= 15 is 0 Å². The third-order valence-electron chi connectivity index (χ3n) is 4.33. The highest BCUT2D eigenvalue weighted by molar-refractivity contribution is 5.99. The van der Waals surface area contributed by atoms with Crippen LogP contribution in [0.4, 0.5) is 17.5 Å². The van der Waals surface area contributed by atoms with E-state index < -0.39 is 17.4 Å². The van der Waals surface area contributed by atoms with Crippen molar-refractivity contribution in [3.8, 4) is 0 Å². The second-order valence-electron chi connectivity index (χ2n) is 6.19. The molecule has 1 aliphatic rings. The number of amides is 2. The van der Waals surface area contributed by atoms with Crippen molar-refractivity contribution in [1.29, 1.82) is 0 Å². The summed E-state index contributed by atoms with van der Waals surface area (Å²) < 4.78 is 0. The standard InChI is InChI=1S/C16H16N8O2/c17-12(25)10-7-19-15(22-13(10)23-16(3-4-16)14(18)26)21-9-2-1-8-6-20-24-11(8)5-9/h1-2,5-7H,3-4H2,(H2,17,25)(H2,18,26)(H,20,24)(H2,19,21,22,23). The van der Waals surface area contributed by atoms with Crippen LogP contribution in [-0.4, -0.2) is 37.5 Å². The molecule has 10 heteroatoms. The highest BCUT2D eigenvalue weighted by Crippen LogP contribution is 2.39. The number of hydrogen-bond acceptors (Lipinski definition) is 7. The van der Waals surface area contributed by atoms with Crippen LogP contribution in [0.5, 0.6) is 0 Å². The van der Waals surface area contributed by atoms with Crippen LogP contribution < -0.4 is 22.1 Å². The molecule has 26 heavy (non-hydrogen) atoms. The minimum absolute atomic E-state index is 0.0899. The molecule has 0 spiro atoms. The summed E-state index contributed by atoms with van der Waals surface area (Å²) in [6.45, 7) is 0. The number of benzene rings is 1. The molecule has 1 fully saturated rings. The number of aromatic amines is 1. The molecule has 2 amide bonds. The van der Waals surface area contributed by atoms with Crippen molar-refractivity contribution < 1.29 is 9.59 Å². The predicted octanol–water partition coefficient (Wildman–Crippen LogP) is 0.625. The quantitative estimate of drug-likeness (QED) is 0.434. The smallest absolute Gasteiger partial charge is 0.254 e. The lowest BCUT2D eigenvalue weighted by atomic mass is 10.2. The zero-order valence-electron chi connectivity index (χ0n) is 13.6. The number of carbonyl (C=O) groups is 2. The highest BCUT2D eigenvalue weighted by Gasteiger charge is 2.49. The van der Waals surface area contributed by atoms with Crippen LogP contribution in [0.1, 0.15) is 23.2 Å². The fraction of sp³-hybridized carbons (Fsp3) is 0.188. The lowest BCUT2D eigenvalue weighted by Crippen LogP contribution is -2.38. The first-order chi connectivity index (χ1) is 12.5. The fourth-order valence-corrected chi connectivity index (χ4v) is 2.65. The normalized spacial score (nSPS) is 14.8. The van der Waals surface area contributed by atoms with Gasteiger partial charge in [0.15, 0.2) is 0 Å². The van der Waals surface area contributed by atoms with Crippen molar-refractivity contribution in [3.63, 3.8) is 0 Å². The number of nitrogens with zero attached hydrogens (tertiary/aromatic N) is 3. The van der Waals surface area contributed by atoms with Crippen LogP contribution in [0.15, 0.2) is 30.6 Å². The number of fused-ring (bicyclic) bond motifs is 1. The maximum Gasteiger partial charge on any atom is 0.254 e. The molecule has 10 nitrogen and oxygen atoms in total. The van der Waals surface area contributed by atoms with Gasteiger partial charge < -0.3 is 22.1 Å². The van der Waals surface area contributed by atoms with Gasteiger partial charge in [-0.15, -0.1) is 0 Å². The van der Waals surface area contributed by atoms with Crippen LogP contribution in [0, 0.1) is 0 Å². The van der Waals surface area contributed by atoms with E-state index in [-0.39, 0.29) is 17.3 Å². The average molecular weight is 352 g/mol. The van der Waals surface area contributed by atoms with Crippen molar-refractivity contribution in [2.75, 3.05) is 10.6 Å². The van der Waals surface area contributed by atoms with E-state index in [9.17, 15) is 9.59 Å². The molecule has 1 aromatic carbocycles. The van der Waals surface area contributed by atoms with Crippen LogP contribution in [0.3, 0.4) is 0 Å². The second-order valence-corrected chi connectivity index (χ2v) is 6.19. The van der Waals surface area contributed by atoms with Gasteiger partial charge >= 0.3 is 0 Å². The number of rotatable bonds is 6. The summed E-state index contributed by atoms with van der Waals surface area (Å²) in [4.78, 5) is 31.7. The lowest BCUT2D eigenvalue weighted by Gasteiger charge is -2.17. The number of nitrogens with two attached hydrogens (primary N) is 2. The monoisotopic (exact) mass is 352 g/mol. The minimum atomic E-state index is -0.884. The topological polar surface area (TPSA) is 165 Å². The summed E-state index contributed by atoms with van der Waals surface area (Å²) in [7, 11) is 0. The third-order valence-corrected chi connectivity index (χ3v) is 4.33. The molecular formula is C16H16N8O2. The Bertz CT molecular complexity index is 1020. The molecule has 3 aromatic rings. The molecule has 0 bridgehead atoms. The highest BCUT2D eigenvalue weighted by atomic mass is 16.2. The Morgan fingerprint density at radius 1 is 1.19 bits per heavy atom. The Morgan fingerprint density at radius 3 is 2.69 bits per heavy atom. The predicted molar refractivity (Wildman–Crippen MR) is 94.7 cm³/mol. The summed E-state index contributed by atoms with van der Waals surface area (Å²) >= 11 is 0. The SMILES string of the molecule is NC(=O)c1cnc(Nc2ccc3cn[nH]c3c2)nc1NC1(C(N)=O)CC1. The first-order valence-electron chi connectivity index (χ1n) is 7.92. The van der Waals surface area contributed by atoms with E-state index in [1.807, 2.05) is 18.2 Å². The number of anilines is 3. The molecule has 0 atom stereocenters. The Labute approximate surface area is 147 Å². The van der Waals surface area contributed by atoms with Gasteiger partial charge in [0, 0.05) is 17.3 Å². The van der Waals surface area contributed by atoms with Gasteiger partial charge in [0.25, 0.3) is 5.91 Å². The lowest BCUT2D eigenvalue weighted by molar-refractivity contribution is -0.119. The second kappa shape index (κ2) is 5.69. The van der Waals surface area contributed by atoms with Crippen molar-refractivity contribution in [2.24, 2.45) is 11.5 Å². The van der Waals surface area contributed by atoms with Gasteiger partial charge in [-0.05, 0) is 31.0 Å². The zero-order valence-corrected chi connectivity index (χ0v) is 13.6. The number of aromatic nitrogens is 4. The van der Waals surface area contributed by atoms with Crippen LogP contribution in [-0.2, 0) is 4.79 Å². The zero-order chi connectivity index (χ0) is 18.3. The summed E-state index contributed by atoms with van der Waals surface area (Å²) in [5, 5.41) is 13.8. The van der Waals surface area contributed by atoms with Gasteiger partial charge in [0.2, 0.25) is 11.9 Å². The summed E-state index contributed by atoms with van der Waals surface area (Å²) in [5.41, 5.74) is 11.6. The van der Waals surface area contributed by atoms with E-state index in [4.69, 9.17) is 11.5 Å². The molecular weight excluding hydrogens is 336 g/mol. The molecule has 0 radical (unpaired) electrons. The molecule has 0 aliphatic heterocycles. The molecule has 1 saturated carbocycles. The average Bonchev–Trinajstić information content (AvgIpc) is 3.23. The molecule has 2 heterocycles. The van der Waals surface area contributed by atoms with Crippen molar-refractivity contribution in [3.05, 3.63) is 36.2 Å². The van der Waals surface area contributed by atoms with E-state index in [2.05, 4.69) is 30.8 Å². The Kier molecular flexibility index (Phi) is 3.46. The van der Waals surface area contributed by atoms with Gasteiger partial charge in [-0.1, -0.05) is 0 Å². The number of hydrogen-bond donors (Lipinski definition) is 5. The van der Waals surface area contributed by atoms with Gasteiger partial charge in [0.05, 0.1) is 17.3 Å². The van der Waals surface area contributed by atoms with Crippen molar-refractivity contribution >= 4 is 40.2 Å². The van der Waals surface area contributed by atoms with E-state index in [1.165, 1.54) is 6.20 Å².